The molecule has 4 rings (SSSR count). The van der Waals surface area contributed by atoms with E-state index in [0.717, 1.165) is 17.7 Å². The number of carbonyl (C=O) groups excluding carboxylic acids is 1. The number of hydrogen-bond donors (Lipinski definition) is 1. The summed E-state index contributed by atoms with van der Waals surface area (Å²) in [7, 11) is 0. The maximum atomic E-state index is 13.3. The number of nitrogens with zero attached hydrogens (tertiary/aromatic N) is 3. The Balaban J connectivity index is 1.54. The molecule has 2 heterocycles. The molecule has 0 aliphatic carbocycles. The number of anilines is 1. The highest BCUT2D eigenvalue weighted by Gasteiger charge is 2.12. The summed E-state index contributed by atoms with van der Waals surface area (Å²) < 4.78 is 32.0. The molecule has 154 valence electrons. The molecule has 0 aliphatic rings. The summed E-state index contributed by atoms with van der Waals surface area (Å²) in [5, 5.41) is 2.45. The summed E-state index contributed by atoms with van der Waals surface area (Å²) in [6.07, 6.45) is 6.91. The molecule has 0 saturated carbocycles. The lowest BCUT2D eigenvalue weighted by atomic mass is 10.2. The number of hydrogen-bond acceptors (Lipinski definition) is 5. The second-order valence-electron chi connectivity index (χ2n) is 6.48. The van der Waals surface area contributed by atoms with Crippen LogP contribution < -0.4 is 10.1 Å². The van der Waals surface area contributed by atoms with Gasteiger partial charge < -0.3 is 10.1 Å². The Morgan fingerprint density at radius 2 is 1.68 bits per heavy atom. The van der Waals surface area contributed by atoms with Gasteiger partial charge in [-0.15, -0.1) is 0 Å². The Morgan fingerprint density at radius 1 is 0.935 bits per heavy atom. The first kappa shape index (κ1) is 20.1. The first-order valence-corrected chi connectivity index (χ1v) is 9.31. The van der Waals surface area contributed by atoms with Crippen LogP contribution in [0.5, 0.6) is 5.88 Å². The minimum atomic E-state index is -1.05. The summed E-state index contributed by atoms with van der Waals surface area (Å²) in [5.74, 6) is -2.43. The topological polar surface area (TPSA) is 77.0 Å². The number of amides is 1. The van der Waals surface area contributed by atoms with Crippen LogP contribution in [0.4, 0.5) is 14.5 Å². The van der Waals surface area contributed by atoms with Gasteiger partial charge in [-0.2, -0.15) is 0 Å². The number of aromatic nitrogens is 3. The van der Waals surface area contributed by atoms with Gasteiger partial charge in [0.05, 0.1) is 11.0 Å². The number of nitrogens with one attached hydrogen (secondary N) is 1. The molecule has 1 amide bonds. The fourth-order valence-corrected chi connectivity index (χ4v) is 2.77. The van der Waals surface area contributed by atoms with Gasteiger partial charge in [-0.05, 0) is 48.0 Å². The molecule has 0 bridgehead atoms. The highest BCUT2D eigenvalue weighted by Crippen LogP contribution is 2.21. The number of rotatable bonds is 6. The molecule has 2 aromatic carbocycles. The second-order valence-corrected chi connectivity index (χ2v) is 6.48. The summed E-state index contributed by atoms with van der Waals surface area (Å²) in [5.41, 5.74) is 2.76. The largest absolute Gasteiger partial charge is 0.466 e. The van der Waals surface area contributed by atoms with Crippen LogP contribution in [0.1, 0.15) is 11.3 Å². The number of pyridine rings is 1. The zero-order valence-electron chi connectivity index (χ0n) is 16.1. The number of carbonyl (C=O) groups is 1. The molecular formula is C23H16F2N4O2. The summed E-state index contributed by atoms with van der Waals surface area (Å²) in [4.78, 5) is 25.2. The third kappa shape index (κ3) is 5.05. The zero-order valence-corrected chi connectivity index (χ0v) is 16.1. The van der Waals surface area contributed by atoms with Crippen molar-refractivity contribution in [1.82, 2.24) is 15.0 Å². The molecule has 0 saturated heterocycles. The van der Waals surface area contributed by atoms with Crippen molar-refractivity contribution in [3.63, 3.8) is 0 Å². The fourth-order valence-electron chi connectivity index (χ4n) is 2.77. The predicted octanol–water partition coefficient (Wildman–Crippen LogP) is 4.49. The Labute approximate surface area is 176 Å². The van der Waals surface area contributed by atoms with E-state index in [1.165, 1.54) is 6.07 Å². The first-order chi connectivity index (χ1) is 15.1. The van der Waals surface area contributed by atoms with Crippen molar-refractivity contribution in [2.24, 2.45) is 0 Å². The lowest BCUT2D eigenvalue weighted by Gasteiger charge is -2.10. The predicted molar refractivity (Wildman–Crippen MR) is 113 cm³/mol. The lowest BCUT2D eigenvalue weighted by molar-refractivity contribution is -0.118. The minimum Gasteiger partial charge on any atom is -0.466 e. The minimum absolute atomic E-state index is 0.120. The SMILES string of the molecule is O=C(COc1nc2ccccc2nc1/C=C\c1ccncc1)Nc1ccc(F)c(F)c1. The highest BCUT2D eigenvalue weighted by molar-refractivity contribution is 5.92. The highest BCUT2D eigenvalue weighted by atomic mass is 19.2. The molecule has 1 N–H and O–H groups in total. The van der Waals surface area contributed by atoms with Gasteiger partial charge >= 0.3 is 0 Å². The number of para-hydroxylation sites is 2. The van der Waals surface area contributed by atoms with Crippen LogP contribution in [0.25, 0.3) is 23.2 Å². The van der Waals surface area contributed by atoms with Crippen LogP contribution in [0.3, 0.4) is 0 Å². The molecule has 0 atom stereocenters. The van der Waals surface area contributed by atoms with Gasteiger partial charge in [0.15, 0.2) is 18.2 Å². The van der Waals surface area contributed by atoms with Crippen molar-refractivity contribution in [3.8, 4) is 5.88 Å². The number of ether oxygens (including phenoxy) is 1. The van der Waals surface area contributed by atoms with Gasteiger partial charge in [-0.3, -0.25) is 9.78 Å². The van der Waals surface area contributed by atoms with Crippen molar-refractivity contribution < 1.29 is 18.3 Å². The zero-order chi connectivity index (χ0) is 21.6. The average Bonchev–Trinajstić information content (AvgIpc) is 2.79. The number of fused-ring (bicyclic) bond motifs is 1. The molecule has 0 unspecified atom stereocenters. The molecule has 4 aromatic rings. The summed E-state index contributed by atoms with van der Waals surface area (Å²) >= 11 is 0. The van der Waals surface area contributed by atoms with Crippen molar-refractivity contribution in [2.45, 2.75) is 0 Å². The van der Waals surface area contributed by atoms with E-state index in [1.807, 2.05) is 36.4 Å². The average molecular weight is 418 g/mol. The normalized spacial score (nSPS) is 11.0. The quantitative estimate of drug-likeness (QED) is 0.499. The molecule has 2 aromatic heterocycles. The number of benzene rings is 2. The smallest absolute Gasteiger partial charge is 0.262 e. The van der Waals surface area contributed by atoms with E-state index < -0.39 is 17.5 Å². The molecule has 0 radical (unpaired) electrons. The van der Waals surface area contributed by atoms with Crippen molar-refractivity contribution in [1.29, 1.82) is 0 Å². The summed E-state index contributed by atoms with van der Waals surface area (Å²) in [6, 6.07) is 14.0. The number of halogens is 2. The van der Waals surface area contributed by atoms with Crippen LogP contribution in [0.15, 0.2) is 67.0 Å². The van der Waals surface area contributed by atoms with Gasteiger partial charge in [0.25, 0.3) is 5.91 Å². The molecule has 0 spiro atoms. The van der Waals surface area contributed by atoms with Crippen LogP contribution in [0.2, 0.25) is 0 Å². The second kappa shape index (κ2) is 9.08. The molecule has 6 nitrogen and oxygen atoms in total. The third-order valence-electron chi connectivity index (χ3n) is 4.25. The molecule has 0 aliphatic heterocycles. The van der Waals surface area contributed by atoms with Crippen molar-refractivity contribution >= 4 is 34.8 Å². The standard InChI is InChI=1S/C23H16F2N4O2/c24-17-7-6-16(13-18(17)25)27-22(30)14-31-23-21(8-5-15-9-11-26-12-10-15)28-19-3-1-2-4-20(19)29-23/h1-13H,14H2,(H,27,30)/b8-5-. The first-order valence-electron chi connectivity index (χ1n) is 9.31. The van der Waals surface area contributed by atoms with E-state index in [9.17, 15) is 13.6 Å². The van der Waals surface area contributed by atoms with Gasteiger partial charge in [0, 0.05) is 24.1 Å². The van der Waals surface area contributed by atoms with E-state index in [1.54, 1.807) is 24.5 Å². The Bertz CT molecular complexity index is 1260. The van der Waals surface area contributed by atoms with Crippen LogP contribution >= 0.6 is 0 Å². The Kier molecular flexibility index (Phi) is 5.89. The molecular weight excluding hydrogens is 402 g/mol. The third-order valence-corrected chi connectivity index (χ3v) is 4.25. The van der Waals surface area contributed by atoms with E-state index in [-0.39, 0.29) is 18.2 Å². The van der Waals surface area contributed by atoms with Crippen molar-refractivity contribution in [3.05, 3.63) is 89.9 Å². The molecule has 31 heavy (non-hydrogen) atoms. The maximum absolute atomic E-state index is 13.3. The molecule has 0 fully saturated rings. The Hall–Kier alpha value is -4.20. The van der Waals surface area contributed by atoms with Crippen molar-refractivity contribution in [2.75, 3.05) is 11.9 Å². The monoisotopic (exact) mass is 418 g/mol. The maximum Gasteiger partial charge on any atom is 0.262 e. The van der Waals surface area contributed by atoms with E-state index in [2.05, 4.69) is 20.3 Å². The molecule has 8 heteroatoms. The Morgan fingerprint density at radius 3 is 2.42 bits per heavy atom. The van der Waals surface area contributed by atoms with Crippen LogP contribution in [-0.4, -0.2) is 27.5 Å². The summed E-state index contributed by atoms with van der Waals surface area (Å²) in [6.45, 7) is -0.387. The van der Waals surface area contributed by atoms with Gasteiger partial charge in [-0.25, -0.2) is 18.7 Å². The van der Waals surface area contributed by atoms with Crippen LogP contribution in [-0.2, 0) is 4.79 Å². The van der Waals surface area contributed by atoms with Gasteiger partial charge in [-0.1, -0.05) is 18.2 Å². The lowest BCUT2D eigenvalue weighted by Crippen LogP contribution is -2.21. The van der Waals surface area contributed by atoms with Gasteiger partial charge in [0.1, 0.15) is 5.69 Å². The fraction of sp³-hybridized carbons (Fsp3) is 0.0435. The van der Waals surface area contributed by atoms with E-state index >= 15 is 0 Å². The van der Waals surface area contributed by atoms with E-state index in [0.29, 0.717) is 16.7 Å². The van der Waals surface area contributed by atoms with E-state index in [4.69, 9.17) is 4.74 Å². The van der Waals surface area contributed by atoms with Crippen LogP contribution in [0, 0.1) is 11.6 Å². The van der Waals surface area contributed by atoms with Gasteiger partial charge in [0.2, 0.25) is 5.88 Å².